The Morgan fingerprint density at radius 2 is 2.12 bits per heavy atom. The van der Waals surface area contributed by atoms with Crippen LogP contribution in [0.15, 0.2) is 24.4 Å². The highest BCUT2D eigenvalue weighted by atomic mass is 35.5. The summed E-state index contributed by atoms with van der Waals surface area (Å²) in [6.45, 7) is 6.01. The van der Waals surface area contributed by atoms with Gasteiger partial charge in [0.25, 0.3) is 5.91 Å². The van der Waals surface area contributed by atoms with E-state index in [-0.39, 0.29) is 17.4 Å². The Balaban J connectivity index is 1.89. The fourth-order valence-corrected chi connectivity index (χ4v) is 2.68. The summed E-state index contributed by atoms with van der Waals surface area (Å²) in [7, 11) is 0. The van der Waals surface area contributed by atoms with Crippen molar-refractivity contribution in [2.45, 2.75) is 38.7 Å². The summed E-state index contributed by atoms with van der Waals surface area (Å²) in [6.07, 6.45) is 1.81. The summed E-state index contributed by atoms with van der Waals surface area (Å²) < 4.78 is 29.8. The number of hydrogen-bond donors (Lipinski definition) is 1. The van der Waals surface area contributed by atoms with Crippen LogP contribution in [-0.4, -0.2) is 30.3 Å². The van der Waals surface area contributed by atoms with Gasteiger partial charge in [0.05, 0.1) is 11.7 Å². The monoisotopic (exact) mass is 382 g/mol. The molecule has 0 bridgehead atoms. The molecule has 0 aliphatic carbocycles. The first kappa shape index (κ1) is 18.2. The number of amides is 1. The van der Waals surface area contributed by atoms with Crippen LogP contribution < -0.4 is 5.32 Å². The second-order valence-electron chi connectivity index (χ2n) is 5.87. The lowest BCUT2D eigenvalue weighted by atomic mass is 10.2. The highest BCUT2D eigenvalue weighted by molar-refractivity contribution is 6.21. The van der Waals surface area contributed by atoms with E-state index in [0.717, 1.165) is 10.6 Å². The molecule has 10 heteroatoms. The molecular formula is C16H17ClF2N6O. The minimum atomic E-state index is -3.63. The SMILES string of the molecule is CCn1ccc(C(C)NC(=O)c2cc3nc(C)cc(C(F)(F)Cl)n3n2)n1. The first-order valence-corrected chi connectivity index (χ1v) is 8.35. The highest BCUT2D eigenvalue weighted by Crippen LogP contribution is 2.32. The Morgan fingerprint density at radius 1 is 1.38 bits per heavy atom. The first-order chi connectivity index (χ1) is 12.2. The average Bonchev–Trinajstić information content (AvgIpc) is 3.19. The Bertz CT molecular complexity index is 961. The van der Waals surface area contributed by atoms with Gasteiger partial charge in [-0.3, -0.25) is 9.48 Å². The molecular weight excluding hydrogens is 366 g/mol. The number of halogens is 3. The minimum absolute atomic E-state index is 0.0351. The molecule has 3 rings (SSSR count). The van der Waals surface area contributed by atoms with Crippen molar-refractivity contribution in [1.29, 1.82) is 0 Å². The third-order valence-electron chi connectivity index (χ3n) is 3.85. The van der Waals surface area contributed by atoms with E-state index < -0.39 is 17.0 Å². The number of nitrogens with zero attached hydrogens (tertiary/aromatic N) is 5. The largest absolute Gasteiger partial charge is 0.364 e. The minimum Gasteiger partial charge on any atom is -0.342 e. The third kappa shape index (κ3) is 3.52. The first-order valence-electron chi connectivity index (χ1n) is 7.98. The van der Waals surface area contributed by atoms with Crippen LogP contribution in [0.5, 0.6) is 0 Å². The summed E-state index contributed by atoms with van der Waals surface area (Å²) >= 11 is 5.15. The average molecular weight is 383 g/mol. The second-order valence-corrected chi connectivity index (χ2v) is 6.35. The van der Waals surface area contributed by atoms with Crippen molar-refractivity contribution in [3.63, 3.8) is 0 Å². The Hall–Kier alpha value is -2.55. The number of aryl methyl sites for hydroxylation is 2. The zero-order valence-corrected chi connectivity index (χ0v) is 15.1. The molecule has 3 heterocycles. The predicted molar refractivity (Wildman–Crippen MR) is 91.3 cm³/mol. The van der Waals surface area contributed by atoms with Crippen LogP contribution in [0.25, 0.3) is 5.65 Å². The molecule has 0 saturated heterocycles. The molecule has 1 N–H and O–H groups in total. The lowest BCUT2D eigenvalue weighted by Gasteiger charge is -2.11. The number of fused-ring (bicyclic) bond motifs is 1. The molecule has 0 aromatic carbocycles. The van der Waals surface area contributed by atoms with E-state index >= 15 is 0 Å². The standard InChI is InChI=1S/C16H17ClF2N6O/c1-4-24-6-5-11(22-24)10(3)21-15(26)12-8-14-20-9(2)7-13(16(17,18)19)25(14)23-12/h5-8,10H,4H2,1-3H3,(H,21,26). The van der Waals surface area contributed by atoms with Gasteiger partial charge in [-0.25, -0.2) is 9.50 Å². The van der Waals surface area contributed by atoms with Crippen molar-refractivity contribution in [3.8, 4) is 0 Å². The lowest BCUT2D eigenvalue weighted by Crippen LogP contribution is -2.27. The molecule has 3 aromatic rings. The van der Waals surface area contributed by atoms with Gasteiger partial charge in [-0.1, -0.05) is 0 Å². The summed E-state index contributed by atoms with van der Waals surface area (Å²) in [5, 5.41) is 7.38. The van der Waals surface area contributed by atoms with Gasteiger partial charge in [0.15, 0.2) is 11.3 Å². The van der Waals surface area contributed by atoms with Crippen molar-refractivity contribution < 1.29 is 13.6 Å². The fourth-order valence-electron chi connectivity index (χ4n) is 2.54. The van der Waals surface area contributed by atoms with Crippen LogP contribution in [0, 0.1) is 6.92 Å². The predicted octanol–water partition coefficient (Wildman–Crippen LogP) is 3.03. The van der Waals surface area contributed by atoms with Gasteiger partial charge in [0.1, 0.15) is 5.69 Å². The molecule has 26 heavy (non-hydrogen) atoms. The molecule has 0 aliphatic rings. The summed E-state index contributed by atoms with van der Waals surface area (Å²) in [5.74, 6) is -0.518. The lowest BCUT2D eigenvalue weighted by molar-refractivity contribution is 0.0863. The Morgan fingerprint density at radius 3 is 2.73 bits per heavy atom. The molecule has 0 radical (unpaired) electrons. The van der Waals surface area contributed by atoms with Gasteiger partial charge in [-0.05, 0) is 44.5 Å². The molecule has 0 fully saturated rings. The van der Waals surface area contributed by atoms with E-state index in [2.05, 4.69) is 20.5 Å². The topological polar surface area (TPSA) is 77.1 Å². The van der Waals surface area contributed by atoms with Crippen LogP contribution in [0.2, 0.25) is 0 Å². The van der Waals surface area contributed by atoms with Gasteiger partial charge in [-0.15, -0.1) is 0 Å². The molecule has 3 aromatic heterocycles. The quantitative estimate of drug-likeness (QED) is 0.688. The van der Waals surface area contributed by atoms with Gasteiger partial charge < -0.3 is 5.32 Å². The number of carbonyl (C=O) groups is 1. The van der Waals surface area contributed by atoms with Gasteiger partial charge in [0, 0.05) is 24.5 Å². The molecule has 0 saturated carbocycles. The molecule has 7 nitrogen and oxygen atoms in total. The van der Waals surface area contributed by atoms with Crippen LogP contribution in [-0.2, 0) is 11.9 Å². The number of hydrogen-bond acceptors (Lipinski definition) is 4. The second kappa shape index (κ2) is 6.64. The number of carbonyl (C=O) groups excluding carboxylic acids is 1. The van der Waals surface area contributed by atoms with E-state index in [0.29, 0.717) is 17.9 Å². The normalized spacial score (nSPS) is 13.2. The van der Waals surface area contributed by atoms with Crippen molar-refractivity contribution in [2.24, 2.45) is 0 Å². The molecule has 1 atom stereocenters. The summed E-state index contributed by atoms with van der Waals surface area (Å²) in [4.78, 5) is 16.6. The Kier molecular flexibility index (Phi) is 4.66. The highest BCUT2D eigenvalue weighted by Gasteiger charge is 2.32. The fraction of sp³-hybridized carbons (Fsp3) is 0.375. The van der Waals surface area contributed by atoms with Crippen molar-refractivity contribution >= 4 is 23.2 Å². The molecule has 0 spiro atoms. The van der Waals surface area contributed by atoms with Crippen molar-refractivity contribution in [1.82, 2.24) is 29.7 Å². The molecule has 1 unspecified atom stereocenters. The van der Waals surface area contributed by atoms with Gasteiger partial charge in [-0.2, -0.15) is 19.0 Å². The zero-order chi connectivity index (χ0) is 19.1. The molecule has 138 valence electrons. The van der Waals surface area contributed by atoms with E-state index in [1.807, 2.05) is 13.1 Å². The zero-order valence-electron chi connectivity index (χ0n) is 14.4. The summed E-state index contributed by atoms with van der Waals surface area (Å²) in [5.41, 5.74) is 0.569. The van der Waals surface area contributed by atoms with Crippen LogP contribution in [0.1, 0.15) is 47.5 Å². The number of alkyl halides is 3. The van der Waals surface area contributed by atoms with E-state index in [4.69, 9.17) is 11.6 Å². The van der Waals surface area contributed by atoms with Crippen LogP contribution in [0.3, 0.4) is 0 Å². The van der Waals surface area contributed by atoms with Gasteiger partial charge in [0.2, 0.25) is 0 Å². The van der Waals surface area contributed by atoms with Gasteiger partial charge >= 0.3 is 5.38 Å². The van der Waals surface area contributed by atoms with Crippen molar-refractivity contribution in [2.75, 3.05) is 0 Å². The van der Waals surface area contributed by atoms with E-state index in [1.165, 1.54) is 6.07 Å². The van der Waals surface area contributed by atoms with Crippen LogP contribution in [0.4, 0.5) is 8.78 Å². The smallest absolute Gasteiger partial charge is 0.342 e. The molecule has 0 aliphatic heterocycles. The molecule has 1 amide bonds. The summed E-state index contributed by atoms with van der Waals surface area (Å²) in [6, 6.07) is 3.90. The maximum atomic E-state index is 13.6. The number of rotatable bonds is 5. The Labute approximate surface area is 153 Å². The number of aromatic nitrogens is 5. The van der Waals surface area contributed by atoms with Crippen LogP contribution >= 0.6 is 11.6 Å². The van der Waals surface area contributed by atoms with E-state index in [9.17, 15) is 13.6 Å². The maximum Gasteiger partial charge on any atom is 0.364 e. The van der Waals surface area contributed by atoms with E-state index in [1.54, 1.807) is 24.6 Å². The number of nitrogens with one attached hydrogen (secondary N) is 1. The maximum absolute atomic E-state index is 13.6. The van der Waals surface area contributed by atoms with Crippen molar-refractivity contribution in [3.05, 3.63) is 47.2 Å². The third-order valence-corrected chi connectivity index (χ3v) is 4.05.